The van der Waals surface area contributed by atoms with Gasteiger partial charge in [-0.2, -0.15) is 4.98 Å². The highest BCUT2D eigenvalue weighted by Crippen LogP contribution is 2.40. The minimum absolute atomic E-state index is 0. The number of carbonyl (C=O) groups is 2. The topological polar surface area (TPSA) is 113 Å². The van der Waals surface area contributed by atoms with Gasteiger partial charge in [0.15, 0.2) is 23.9 Å². The largest absolute Gasteiger partial charge is 0.459 e. The van der Waals surface area contributed by atoms with Crippen molar-refractivity contribution in [3.63, 3.8) is 0 Å². The van der Waals surface area contributed by atoms with Gasteiger partial charge in [-0.25, -0.2) is 9.59 Å². The summed E-state index contributed by atoms with van der Waals surface area (Å²) in [5.41, 5.74) is 0.634. The molecule has 0 spiro atoms. The fourth-order valence-electron chi connectivity index (χ4n) is 3.75. The molecule has 4 atom stereocenters. The minimum atomic E-state index is -0.915. The zero-order valence-electron chi connectivity index (χ0n) is 17.8. The Morgan fingerprint density at radius 3 is 2.20 bits per heavy atom. The molecule has 0 radical (unpaired) electrons. The van der Waals surface area contributed by atoms with E-state index in [0.717, 1.165) is 0 Å². The third-order valence-corrected chi connectivity index (χ3v) is 5.92. The Labute approximate surface area is 215 Å². The van der Waals surface area contributed by atoms with E-state index in [2.05, 4.69) is 4.98 Å². The monoisotopic (exact) mass is 537 g/mol. The summed E-state index contributed by atoms with van der Waals surface area (Å²) in [6.45, 7) is -0.184. The molecule has 2 aliphatic heterocycles. The number of aromatic nitrogens is 2. The second-order valence-corrected chi connectivity index (χ2v) is 8.51. The number of benzene rings is 2. The molecule has 1 saturated heterocycles. The molecule has 0 amide bonds. The van der Waals surface area contributed by atoms with Crippen LogP contribution >= 0.6 is 35.6 Å². The Kier molecular flexibility index (Phi) is 7.32. The Morgan fingerprint density at radius 1 is 0.971 bits per heavy atom. The lowest BCUT2D eigenvalue weighted by Gasteiger charge is -2.22. The van der Waals surface area contributed by atoms with Gasteiger partial charge in [-0.15, -0.1) is 12.4 Å². The summed E-state index contributed by atoms with van der Waals surface area (Å²) in [5.74, 6) is -1.19. The molecular weight excluding hydrogens is 521 g/mol. The standard InChI is InChI=1S/C23H17Cl2N3O6.ClH/c24-14-5-1-12(2-6-14)21(29)31-11-16-18(33-22(30)13-3-7-15(25)8-4-13)19-20(32-16)28-10-9-17(26)27-23(28)34-19;/h1-10,16,18-20,26H,11H2;1H/t16-,18-,19-,20-;/m1./s1. The van der Waals surface area contributed by atoms with E-state index < -0.39 is 36.5 Å². The van der Waals surface area contributed by atoms with Crippen molar-refractivity contribution >= 4 is 47.5 Å². The Bertz CT molecular complexity index is 1300. The number of rotatable bonds is 5. The van der Waals surface area contributed by atoms with E-state index >= 15 is 0 Å². The van der Waals surface area contributed by atoms with Crippen LogP contribution in [-0.4, -0.2) is 46.4 Å². The Hall–Kier alpha value is -3.11. The molecule has 0 aliphatic carbocycles. The summed E-state index contributed by atoms with van der Waals surface area (Å²) >= 11 is 11.8. The molecule has 0 saturated carbocycles. The van der Waals surface area contributed by atoms with Gasteiger partial charge in [0, 0.05) is 16.2 Å². The first-order valence-corrected chi connectivity index (χ1v) is 11.0. The van der Waals surface area contributed by atoms with E-state index in [1.54, 1.807) is 59.3 Å². The second kappa shape index (κ2) is 10.2. The van der Waals surface area contributed by atoms with Crippen LogP contribution in [0.3, 0.4) is 0 Å². The maximum Gasteiger partial charge on any atom is 0.338 e. The van der Waals surface area contributed by atoms with Gasteiger partial charge in [-0.3, -0.25) is 9.98 Å². The SMILES string of the molecule is Cl.N=c1ccn2c(n1)O[C@@H]1[C@H](OC(=O)c3ccc(Cl)cc3)[C@@H](COC(=O)c3ccc(Cl)cc3)O[C@H]12. The summed E-state index contributed by atoms with van der Waals surface area (Å²) in [4.78, 5) is 29.3. The summed E-state index contributed by atoms with van der Waals surface area (Å²) in [6, 6.07) is 14.2. The summed E-state index contributed by atoms with van der Waals surface area (Å²) in [6.07, 6.45) is -1.54. The average Bonchev–Trinajstić information content (AvgIpc) is 3.33. The number of halogens is 3. The summed E-state index contributed by atoms with van der Waals surface area (Å²) in [7, 11) is 0. The van der Waals surface area contributed by atoms with Crippen LogP contribution in [0.2, 0.25) is 10.0 Å². The van der Waals surface area contributed by atoms with Gasteiger partial charge in [0.25, 0.3) is 0 Å². The van der Waals surface area contributed by atoms with Crippen LogP contribution in [0.4, 0.5) is 0 Å². The smallest absolute Gasteiger partial charge is 0.338 e. The van der Waals surface area contributed by atoms with Gasteiger partial charge in [0.1, 0.15) is 12.7 Å². The van der Waals surface area contributed by atoms with Gasteiger partial charge in [0.05, 0.1) is 11.1 Å². The molecule has 1 N–H and O–H groups in total. The number of hydrogen-bond acceptors (Lipinski definition) is 8. The molecule has 0 bridgehead atoms. The van der Waals surface area contributed by atoms with Gasteiger partial charge < -0.3 is 18.9 Å². The van der Waals surface area contributed by atoms with Crippen molar-refractivity contribution in [2.45, 2.75) is 24.5 Å². The molecule has 12 heteroatoms. The van der Waals surface area contributed by atoms with Gasteiger partial charge >= 0.3 is 17.9 Å². The zero-order chi connectivity index (χ0) is 23.8. The quantitative estimate of drug-likeness (QED) is 0.491. The molecule has 1 fully saturated rings. The first-order chi connectivity index (χ1) is 16.4. The van der Waals surface area contributed by atoms with E-state index in [4.69, 9.17) is 47.6 Å². The molecule has 1 aromatic heterocycles. The first kappa shape index (κ1) is 25.0. The minimum Gasteiger partial charge on any atom is -0.459 e. The van der Waals surface area contributed by atoms with Crippen LogP contribution in [0.15, 0.2) is 60.8 Å². The lowest BCUT2D eigenvalue weighted by molar-refractivity contribution is -0.0574. The molecule has 3 heterocycles. The third kappa shape index (κ3) is 5.13. The molecule has 2 aliphatic rings. The predicted molar refractivity (Wildman–Crippen MR) is 126 cm³/mol. The normalized spacial score (nSPS) is 21.8. The van der Waals surface area contributed by atoms with Crippen molar-refractivity contribution in [3.05, 3.63) is 87.5 Å². The lowest BCUT2D eigenvalue weighted by atomic mass is 10.1. The highest BCUT2D eigenvalue weighted by Gasteiger charge is 2.54. The number of nitrogens with one attached hydrogen (secondary N) is 1. The van der Waals surface area contributed by atoms with Crippen molar-refractivity contribution < 1.29 is 28.5 Å². The van der Waals surface area contributed by atoms with Crippen LogP contribution in [0.1, 0.15) is 26.9 Å². The Morgan fingerprint density at radius 2 is 1.57 bits per heavy atom. The molecule has 182 valence electrons. The number of hydrogen-bond donors (Lipinski definition) is 1. The lowest BCUT2D eigenvalue weighted by Crippen LogP contribution is -2.40. The number of fused-ring (bicyclic) bond motifs is 3. The van der Waals surface area contributed by atoms with E-state index in [1.165, 1.54) is 6.07 Å². The fraction of sp³-hybridized carbons (Fsp3) is 0.217. The van der Waals surface area contributed by atoms with E-state index in [-0.39, 0.29) is 30.5 Å². The van der Waals surface area contributed by atoms with Gasteiger partial charge in [-0.1, -0.05) is 23.2 Å². The maximum atomic E-state index is 12.8. The van der Waals surface area contributed by atoms with Crippen LogP contribution < -0.4 is 10.2 Å². The van der Waals surface area contributed by atoms with E-state index in [0.29, 0.717) is 21.2 Å². The molecule has 35 heavy (non-hydrogen) atoms. The maximum absolute atomic E-state index is 12.8. The average molecular weight is 539 g/mol. The number of ether oxygens (including phenoxy) is 4. The van der Waals surface area contributed by atoms with Crippen molar-refractivity contribution in [1.82, 2.24) is 9.55 Å². The van der Waals surface area contributed by atoms with Crippen molar-refractivity contribution in [3.8, 4) is 6.01 Å². The highest BCUT2D eigenvalue weighted by atomic mass is 35.5. The van der Waals surface area contributed by atoms with Crippen LogP contribution in [-0.2, 0) is 14.2 Å². The van der Waals surface area contributed by atoms with Crippen LogP contribution in [0.5, 0.6) is 6.01 Å². The van der Waals surface area contributed by atoms with Crippen molar-refractivity contribution in [2.24, 2.45) is 0 Å². The highest BCUT2D eigenvalue weighted by molar-refractivity contribution is 6.31. The molecule has 0 unspecified atom stereocenters. The molecule has 5 rings (SSSR count). The zero-order valence-corrected chi connectivity index (χ0v) is 20.1. The Balaban J connectivity index is 0.00000289. The molecule has 9 nitrogen and oxygen atoms in total. The number of esters is 2. The van der Waals surface area contributed by atoms with E-state index in [1.807, 2.05) is 0 Å². The number of nitrogens with zero attached hydrogens (tertiary/aromatic N) is 2. The first-order valence-electron chi connectivity index (χ1n) is 10.2. The second-order valence-electron chi connectivity index (χ2n) is 7.63. The summed E-state index contributed by atoms with van der Waals surface area (Å²) in [5, 5.41) is 8.68. The number of carbonyl (C=O) groups excluding carboxylic acids is 2. The van der Waals surface area contributed by atoms with Crippen LogP contribution in [0, 0.1) is 5.41 Å². The van der Waals surface area contributed by atoms with E-state index in [9.17, 15) is 9.59 Å². The molecule has 2 aromatic carbocycles. The van der Waals surface area contributed by atoms with Crippen molar-refractivity contribution in [1.29, 1.82) is 5.41 Å². The van der Waals surface area contributed by atoms with Crippen LogP contribution in [0.25, 0.3) is 0 Å². The third-order valence-electron chi connectivity index (χ3n) is 5.41. The summed E-state index contributed by atoms with van der Waals surface area (Å²) < 4.78 is 24.7. The van der Waals surface area contributed by atoms with Gasteiger partial charge in [-0.05, 0) is 54.6 Å². The fourth-order valence-corrected chi connectivity index (χ4v) is 4.01. The molecule has 3 aromatic rings. The van der Waals surface area contributed by atoms with Gasteiger partial charge in [0.2, 0.25) is 0 Å². The van der Waals surface area contributed by atoms with Crippen molar-refractivity contribution in [2.75, 3.05) is 6.61 Å². The molecular formula is C23H18Cl3N3O6. The predicted octanol–water partition coefficient (Wildman–Crippen LogP) is 3.83.